The summed E-state index contributed by atoms with van der Waals surface area (Å²) in [6.45, 7) is 5.10. The molecule has 10 unspecified atom stereocenters. The van der Waals surface area contributed by atoms with Gasteiger partial charge in [-0.1, -0.05) is 86.2 Å². The Morgan fingerprint density at radius 3 is 2.67 bits per heavy atom. The molecule has 11 atom stereocenters. The van der Waals surface area contributed by atoms with Gasteiger partial charge < -0.3 is 9.64 Å². The molecule has 0 N–H and O–H groups in total. The zero-order valence-electron chi connectivity index (χ0n) is 29.1. The third-order valence-electron chi connectivity index (χ3n) is 14.5. The van der Waals surface area contributed by atoms with Gasteiger partial charge >= 0.3 is 0 Å². The lowest BCUT2D eigenvalue weighted by molar-refractivity contribution is 0.127. The first-order valence-electron chi connectivity index (χ1n) is 19.5. The highest BCUT2D eigenvalue weighted by molar-refractivity contribution is 5.68. The van der Waals surface area contributed by atoms with E-state index in [9.17, 15) is 4.39 Å². The molecule has 1 saturated heterocycles. The van der Waals surface area contributed by atoms with Crippen molar-refractivity contribution in [1.29, 1.82) is 0 Å². The van der Waals surface area contributed by atoms with Gasteiger partial charge in [0.25, 0.3) is 0 Å². The molecule has 1 aromatic carbocycles. The Labute approximate surface area is 292 Å². The fourth-order valence-electron chi connectivity index (χ4n) is 12.3. The molecule has 3 nitrogen and oxygen atoms in total. The summed E-state index contributed by atoms with van der Waals surface area (Å²) in [4.78, 5) is 5.68. The van der Waals surface area contributed by atoms with Crippen LogP contribution < -0.4 is 9.64 Å². The van der Waals surface area contributed by atoms with Gasteiger partial charge in [0.05, 0.1) is 6.04 Å². The van der Waals surface area contributed by atoms with E-state index >= 15 is 0 Å². The van der Waals surface area contributed by atoms with Crippen LogP contribution in [0.2, 0.25) is 0 Å². The normalized spacial score (nSPS) is 40.6. The Morgan fingerprint density at radius 2 is 1.78 bits per heavy atom. The number of benzene rings is 1. The van der Waals surface area contributed by atoms with Gasteiger partial charge in [-0.3, -0.25) is 4.90 Å². The molecule has 0 bridgehead atoms. The lowest BCUT2D eigenvalue weighted by Crippen LogP contribution is -2.48. The number of ether oxygens (including phenoxy) is 1. The average molecular weight is 655 g/mol. The van der Waals surface area contributed by atoms with Crippen molar-refractivity contribution < 1.29 is 9.13 Å². The Bertz CT molecular complexity index is 1770. The summed E-state index contributed by atoms with van der Waals surface area (Å²) in [5.74, 6) is 4.10. The number of halogens is 1. The second kappa shape index (κ2) is 11.6. The summed E-state index contributed by atoms with van der Waals surface area (Å²) in [6.07, 6.45) is 40.5. The van der Waals surface area contributed by atoms with Crippen LogP contribution in [0.3, 0.4) is 0 Å². The molecule has 10 rings (SSSR count). The van der Waals surface area contributed by atoms with Gasteiger partial charge in [-0.05, 0) is 105 Å². The predicted molar refractivity (Wildman–Crippen MR) is 197 cm³/mol. The van der Waals surface area contributed by atoms with Crippen molar-refractivity contribution in [3.05, 3.63) is 120 Å². The lowest BCUT2D eigenvalue weighted by atomic mass is 9.69. The Balaban J connectivity index is 1.11. The smallest absolute Gasteiger partial charge is 0.125 e. The molecule has 49 heavy (non-hydrogen) atoms. The van der Waals surface area contributed by atoms with Crippen molar-refractivity contribution in [3.63, 3.8) is 0 Å². The minimum atomic E-state index is -0.0802. The second-order valence-corrected chi connectivity index (χ2v) is 16.9. The molecule has 2 fully saturated rings. The van der Waals surface area contributed by atoms with Crippen LogP contribution in [0.4, 0.5) is 10.1 Å². The monoisotopic (exact) mass is 654 g/mol. The van der Waals surface area contributed by atoms with E-state index in [2.05, 4.69) is 109 Å². The van der Waals surface area contributed by atoms with E-state index in [4.69, 9.17) is 4.74 Å². The molecule has 7 aliphatic carbocycles. The maximum Gasteiger partial charge on any atom is 0.125 e. The largest absolute Gasteiger partial charge is 0.485 e. The standard InChI is InChI=1S/C45H51FN2O/c1-45(2)35-14-6-3-12-32(35)43-36(45)15-9-17-39(43)48(40-18-10-20-42-44(40)33-13-5-8-19-41(33)49-42)30-25-26-38-34(27-30)31-11-4-7-16-37(31)47(38)29-23-21-28(46)22-24-29/h3-4,6,8-12,17-23,27,29,31,33-39,41,43H,5,7,13-16,24-26H2,1-2H3/t29?,31?,33?,34?,35?,36?,37?,38?,39-,41?,43?/m1/s1. The van der Waals surface area contributed by atoms with Crippen molar-refractivity contribution >= 4 is 5.69 Å². The fraction of sp³-hybridized carbons (Fsp3) is 0.511. The van der Waals surface area contributed by atoms with Crippen molar-refractivity contribution in [2.45, 2.75) is 108 Å². The highest BCUT2D eigenvalue weighted by atomic mass is 19.1. The molecular formula is C45H51FN2O. The maximum absolute atomic E-state index is 14.1. The molecule has 9 aliphatic rings. The Hall–Kier alpha value is -3.37. The summed E-state index contributed by atoms with van der Waals surface area (Å²) in [5, 5.41) is 0. The molecule has 2 heterocycles. The second-order valence-electron chi connectivity index (χ2n) is 16.9. The molecule has 0 aromatic heterocycles. The molecule has 4 heteroatoms. The molecule has 0 amide bonds. The number of nitrogens with zero attached hydrogens (tertiary/aromatic N) is 2. The van der Waals surface area contributed by atoms with Crippen LogP contribution in [0.15, 0.2) is 114 Å². The number of fused-ring (bicyclic) bond motifs is 9. The minimum Gasteiger partial charge on any atom is -0.485 e. The van der Waals surface area contributed by atoms with E-state index < -0.39 is 0 Å². The molecule has 0 spiro atoms. The van der Waals surface area contributed by atoms with Gasteiger partial charge in [-0.15, -0.1) is 0 Å². The van der Waals surface area contributed by atoms with Gasteiger partial charge in [-0.2, -0.15) is 0 Å². The van der Waals surface area contributed by atoms with Crippen LogP contribution in [0.5, 0.6) is 5.75 Å². The van der Waals surface area contributed by atoms with Gasteiger partial charge in [0, 0.05) is 58.7 Å². The lowest BCUT2D eigenvalue weighted by Gasteiger charge is -2.46. The van der Waals surface area contributed by atoms with Crippen LogP contribution in [-0.2, 0) is 0 Å². The van der Waals surface area contributed by atoms with Gasteiger partial charge in [0.2, 0.25) is 0 Å². The van der Waals surface area contributed by atoms with Crippen LogP contribution in [0.1, 0.15) is 83.1 Å². The highest BCUT2D eigenvalue weighted by Gasteiger charge is 2.57. The van der Waals surface area contributed by atoms with Crippen molar-refractivity contribution in [3.8, 4) is 5.75 Å². The van der Waals surface area contributed by atoms with Crippen molar-refractivity contribution in [2.75, 3.05) is 4.90 Å². The van der Waals surface area contributed by atoms with Crippen LogP contribution >= 0.6 is 0 Å². The van der Waals surface area contributed by atoms with E-state index in [0.29, 0.717) is 47.6 Å². The number of allylic oxidation sites excluding steroid dienone is 9. The molecule has 1 aromatic rings. The molecule has 1 saturated carbocycles. The van der Waals surface area contributed by atoms with Crippen molar-refractivity contribution in [2.24, 2.45) is 35.0 Å². The fourth-order valence-corrected chi connectivity index (χ4v) is 12.3. The summed E-state index contributed by atoms with van der Waals surface area (Å²) in [6, 6.07) is 8.47. The summed E-state index contributed by atoms with van der Waals surface area (Å²) < 4.78 is 20.8. The quantitative estimate of drug-likeness (QED) is 0.301. The van der Waals surface area contributed by atoms with E-state index in [0.717, 1.165) is 50.7 Å². The Morgan fingerprint density at radius 1 is 0.898 bits per heavy atom. The van der Waals surface area contributed by atoms with Gasteiger partial charge in [-0.25, -0.2) is 4.39 Å². The molecule has 2 aliphatic heterocycles. The topological polar surface area (TPSA) is 15.7 Å². The first-order chi connectivity index (χ1) is 24.0. The maximum atomic E-state index is 14.1. The Kier molecular flexibility index (Phi) is 7.20. The summed E-state index contributed by atoms with van der Waals surface area (Å²) in [7, 11) is 0. The number of hydrogen-bond donors (Lipinski definition) is 0. The molecular weight excluding hydrogens is 604 g/mol. The summed E-state index contributed by atoms with van der Waals surface area (Å²) >= 11 is 0. The predicted octanol–water partition coefficient (Wildman–Crippen LogP) is 10.3. The highest BCUT2D eigenvalue weighted by Crippen LogP contribution is 2.62. The van der Waals surface area contributed by atoms with Crippen LogP contribution in [0, 0.1) is 35.0 Å². The van der Waals surface area contributed by atoms with E-state index in [1.54, 1.807) is 17.7 Å². The van der Waals surface area contributed by atoms with Crippen LogP contribution in [0.25, 0.3) is 0 Å². The number of rotatable bonds is 4. The molecule has 254 valence electrons. The van der Waals surface area contributed by atoms with E-state index in [1.165, 1.54) is 29.8 Å². The molecule has 0 radical (unpaired) electrons. The first-order valence-corrected chi connectivity index (χ1v) is 19.5. The zero-order valence-corrected chi connectivity index (χ0v) is 29.1. The first kappa shape index (κ1) is 30.5. The minimum absolute atomic E-state index is 0.0802. The summed E-state index contributed by atoms with van der Waals surface area (Å²) in [5.41, 5.74) is 6.27. The third-order valence-corrected chi connectivity index (χ3v) is 14.5. The number of likely N-dealkylation sites (tertiary alicyclic amines) is 1. The average Bonchev–Trinajstić information content (AvgIpc) is 3.75. The zero-order chi connectivity index (χ0) is 32.9. The van der Waals surface area contributed by atoms with Crippen molar-refractivity contribution in [1.82, 2.24) is 4.90 Å². The van der Waals surface area contributed by atoms with Gasteiger partial charge in [0.1, 0.15) is 17.7 Å². The number of anilines is 1. The van der Waals surface area contributed by atoms with E-state index in [-0.39, 0.29) is 29.4 Å². The SMILES string of the molecule is CC1(C)C2CC=CC=C2C2C1CC=C[C@H]2N(C1=CC2C3C=CCCC3N(C3C=CC(F)=CC3)C2CC1)c1cccc2c1C1CCC=CC1O2. The van der Waals surface area contributed by atoms with E-state index in [1.807, 2.05) is 0 Å². The van der Waals surface area contributed by atoms with Gasteiger partial charge in [0.15, 0.2) is 0 Å². The van der Waals surface area contributed by atoms with Crippen LogP contribution in [-0.4, -0.2) is 35.2 Å². The number of hydrogen-bond acceptors (Lipinski definition) is 3. The third kappa shape index (κ3) is 4.61.